The van der Waals surface area contributed by atoms with Gasteiger partial charge in [0.05, 0.1) is 12.3 Å². The topological polar surface area (TPSA) is 42.0 Å². The highest BCUT2D eigenvalue weighted by atomic mass is 16.6. The molecular weight excluding hydrogens is 274 g/mol. The summed E-state index contributed by atoms with van der Waals surface area (Å²) in [5.74, 6) is 0.0897. The first-order valence-corrected chi connectivity index (χ1v) is 7.63. The third kappa shape index (κ3) is 3.31. The molecule has 0 aliphatic carbocycles. The number of hydrogen-bond donors (Lipinski definition) is 0. The molecule has 2 aromatic rings. The second-order valence-electron chi connectivity index (χ2n) is 5.36. The highest BCUT2D eigenvalue weighted by Crippen LogP contribution is 2.18. The number of ether oxygens (including phenoxy) is 1. The summed E-state index contributed by atoms with van der Waals surface area (Å²) in [6, 6.07) is 19.7. The first-order valence-electron chi connectivity index (χ1n) is 7.63. The van der Waals surface area contributed by atoms with Crippen LogP contribution in [0.3, 0.4) is 0 Å². The fourth-order valence-electron chi connectivity index (χ4n) is 2.45. The lowest BCUT2D eigenvalue weighted by molar-refractivity contribution is -0.121. The number of nitrogens with zero attached hydrogens (tertiary/aromatic N) is 1. The van der Waals surface area contributed by atoms with E-state index >= 15 is 0 Å². The van der Waals surface area contributed by atoms with Crippen molar-refractivity contribution in [2.45, 2.75) is 25.5 Å². The van der Waals surface area contributed by atoms with Gasteiger partial charge in [-0.15, -0.1) is 0 Å². The number of carbonyl (C=O) groups excluding carboxylic acids is 1. The summed E-state index contributed by atoms with van der Waals surface area (Å²) in [6.07, 6.45) is 0.434. The number of carbonyl (C=O) groups is 1. The predicted molar refractivity (Wildman–Crippen MR) is 87.3 cm³/mol. The maximum absolute atomic E-state index is 12.3. The third-order valence-electron chi connectivity index (χ3n) is 3.75. The Kier molecular flexibility index (Phi) is 4.45. The van der Waals surface area contributed by atoms with Crippen molar-refractivity contribution in [3.63, 3.8) is 0 Å². The van der Waals surface area contributed by atoms with E-state index in [0.29, 0.717) is 13.0 Å². The van der Waals surface area contributed by atoms with Crippen molar-refractivity contribution in [1.82, 2.24) is 0 Å². The SMILES string of the molecule is CCC(N=C(c1ccccc1)c1ccccc1)C(=O)C1CO1. The molecule has 0 spiro atoms. The lowest BCUT2D eigenvalue weighted by Gasteiger charge is -2.13. The van der Waals surface area contributed by atoms with Crippen LogP contribution in [-0.2, 0) is 9.53 Å². The van der Waals surface area contributed by atoms with E-state index in [2.05, 4.69) is 0 Å². The molecular formula is C19H19NO2. The Labute approximate surface area is 130 Å². The molecule has 1 heterocycles. The first-order chi connectivity index (χ1) is 10.8. The Morgan fingerprint density at radius 1 is 1.09 bits per heavy atom. The number of rotatable bonds is 6. The molecule has 22 heavy (non-hydrogen) atoms. The number of Topliss-reactive ketones (excluding diaryl/α,β-unsaturated/α-hetero) is 1. The molecule has 1 saturated heterocycles. The Balaban J connectivity index is 2.00. The molecule has 3 rings (SSSR count). The molecule has 112 valence electrons. The number of epoxide rings is 1. The monoisotopic (exact) mass is 293 g/mol. The van der Waals surface area contributed by atoms with E-state index in [9.17, 15) is 4.79 Å². The van der Waals surface area contributed by atoms with E-state index in [-0.39, 0.29) is 17.9 Å². The van der Waals surface area contributed by atoms with E-state index in [1.807, 2.05) is 67.6 Å². The number of aliphatic imine (C=N–C) groups is 1. The molecule has 0 N–H and O–H groups in total. The van der Waals surface area contributed by atoms with Crippen LogP contribution in [0, 0.1) is 0 Å². The molecule has 3 nitrogen and oxygen atoms in total. The quantitative estimate of drug-likeness (QED) is 0.606. The molecule has 2 aromatic carbocycles. The zero-order valence-corrected chi connectivity index (χ0v) is 12.6. The van der Waals surface area contributed by atoms with Gasteiger partial charge in [0.1, 0.15) is 12.1 Å². The fourth-order valence-corrected chi connectivity index (χ4v) is 2.45. The van der Waals surface area contributed by atoms with Crippen molar-refractivity contribution >= 4 is 11.5 Å². The summed E-state index contributed by atoms with van der Waals surface area (Å²) in [4.78, 5) is 17.1. The van der Waals surface area contributed by atoms with Crippen molar-refractivity contribution in [3.05, 3.63) is 71.8 Å². The van der Waals surface area contributed by atoms with Gasteiger partial charge in [0.25, 0.3) is 0 Å². The molecule has 0 saturated carbocycles. The van der Waals surface area contributed by atoms with E-state index in [0.717, 1.165) is 16.8 Å². The van der Waals surface area contributed by atoms with Crippen LogP contribution >= 0.6 is 0 Å². The summed E-state index contributed by atoms with van der Waals surface area (Å²) in [7, 11) is 0. The zero-order chi connectivity index (χ0) is 15.4. The van der Waals surface area contributed by atoms with Crippen molar-refractivity contribution < 1.29 is 9.53 Å². The molecule has 2 unspecified atom stereocenters. The van der Waals surface area contributed by atoms with E-state index in [1.165, 1.54) is 0 Å². The van der Waals surface area contributed by atoms with Crippen molar-refractivity contribution in [1.29, 1.82) is 0 Å². The molecule has 0 aromatic heterocycles. The molecule has 3 heteroatoms. The molecule has 2 atom stereocenters. The average Bonchev–Trinajstić information content (AvgIpc) is 3.42. The lowest BCUT2D eigenvalue weighted by Crippen LogP contribution is -2.25. The highest BCUT2D eigenvalue weighted by molar-refractivity contribution is 6.13. The van der Waals surface area contributed by atoms with Crippen LogP contribution in [0.25, 0.3) is 0 Å². The number of benzene rings is 2. The Bertz CT molecular complexity index is 619. The van der Waals surface area contributed by atoms with Gasteiger partial charge in [-0.3, -0.25) is 9.79 Å². The van der Waals surface area contributed by atoms with Gasteiger partial charge in [-0.1, -0.05) is 67.6 Å². The summed E-state index contributed by atoms with van der Waals surface area (Å²) in [5, 5.41) is 0. The lowest BCUT2D eigenvalue weighted by atomic mass is 10.0. The Hall–Kier alpha value is -2.26. The maximum atomic E-state index is 12.3. The van der Waals surface area contributed by atoms with Gasteiger partial charge in [-0.05, 0) is 6.42 Å². The Morgan fingerprint density at radius 2 is 1.59 bits per heavy atom. The van der Waals surface area contributed by atoms with Gasteiger partial charge in [0.15, 0.2) is 5.78 Å². The Morgan fingerprint density at radius 3 is 2.00 bits per heavy atom. The van der Waals surface area contributed by atoms with Crippen molar-refractivity contribution in [3.8, 4) is 0 Å². The van der Waals surface area contributed by atoms with Gasteiger partial charge >= 0.3 is 0 Å². The maximum Gasteiger partial charge on any atom is 0.188 e. The smallest absolute Gasteiger partial charge is 0.188 e. The largest absolute Gasteiger partial charge is 0.365 e. The van der Waals surface area contributed by atoms with Crippen LogP contribution in [0.15, 0.2) is 65.7 Å². The van der Waals surface area contributed by atoms with Crippen molar-refractivity contribution in [2.24, 2.45) is 4.99 Å². The third-order valence-corrected chi connectivity index (χ3v) is 3.75. The number of ketones is 1. The predicted octanol–water partition coefficient (Wildman–Crippen LogP) is 3.27. The first kappa shape index (κ1) is 14.7. The van der Waals surface area contributed by atoms with E-state index in [4.69, 9.17) is 9.73 Å². The normalized spacial score (nSPS) is 17.6. The average molecular weight is 293 g/mol. The second-order valence-corrected chi connectivity index (χ2v) is 5.36. The zero-order valence-electron chi connectivity index (χ0n) is 12.6. The minimum atomic E-state index is -0.345. The molecule has 1 aliphatic rings. The van der Waals surface area contributed by atoms with Gasteiger partial charge in [0.2, 0.25) is 0 Å². The summed E-state index contributed by atoms with van der Waals surface area (Å²) in [6.45, 7) is 2.53. The summed E-state index contributed by atoms with van der Waals surface area (Å²) >= 11 is 0. The van der Waals surface area contributed by atoms with E-state index < -0.39 is 0 Å². The molecule has 0 radical (unpaired) electrons. The summed E-state index contributed by atoms with van der Waals surface area (Å²) in [5.41, 5.74) is 2.91. The van der Waals surface area contributed by atoms with Gasteiger partial charge < -0.3 is 4.74 Å². The fraction of sp³-hybridized carbons (Fsp3) is 0.263. The molecule has 1 aliphatic heterocycles. The van der Waals surface area contributed by atoms with Crippen molar-refractivity contribution in [2.75, 3.05) is 6.61 Å². The molecule has 0 amide bonds. The highest BCUT2D eigenvalue weighted by Gasteiger charge is 2.35. The van der Waals surface area contributed by atoms with Crippen LogP contribution in [0.4, 0.5) is 0 Å². The second kappa shape index (κ2) is 6.67. The molecule has 1 fully saturated rings. The number of hydrogen-bond acceptors (Lipinski definition) is 3. The van der Waals surface area contributed by atoms with Gasteiger partial charge in [0, 0.05) is 11.1 Å². The minimum Gasteiger partial charge on any atom is -0.365 e. The van der Waals surface area contributed by atoms with Crippen LogP contribution in [-0.4, -0.2) is 30.2 Å². The standard InChI is InChI=1S/C19H19NO2/c1-2-16(19(21)17-13-22-17)20-18(14-9-5-3-6-10-14)15-11-7-4-8-12-15/h3-12,16-17H,2,13H2,1H3. The van der Waals surface area contributed by atoms with Gasteiger partial charge in [-0.25, -0.2) is 0 Å². The van der Waals surface area contributed by atoms with Crippen LogP contribution in [0.5, 0.6) is 0 Å². The van der Waals surface area contributed by atoms with Crippen LogP contribution < -0.4 is 0 Å². The van der Waals surface area contributed by atoms with Crippen LogP contribution in [0.2, 0.25) is 0 Å². The minimum absolute atomic E-state index is 0.0897. The van der Waals surface area contributed by atoms with E-state index in [1.54, 1.807) is 0 Å². The van der Waals surface area contributed by atoms with Gasteiger partial charge in [-0.2, -0.15) is 0 Å². The van der Waals surface area contributed by atoms with Crippen LogP contribution in [0.1, 0.15) is 24.5 Å². The summed E-state index contributed by atoms with van der Waals surface area (Å²) < 4.78 is 5.13. The molecule has 0 bridgehead atoms.